The topological polar surface area (TPSA) is 64.1 Å². The zero-order valence-corrected chi connectivity index (χ0v) is 16.4. The number of rotatable bonds is 7. The van der Waals surface area contributed by atoms with E-state index < -0.39 is 6.67 Å². The summed E-state index contributed by atoms with van der Waals surface area (Å²) in [6.45, 7) is 2.11. The lowest BCUT2D eigenvalue weighted by molar-refractivity contribution is -0.120. The first kappa shape index (κ1) is 20.4. The number of aryl methyl sites for hydroxylation is 1. The van der Waals surface area contributed by atoms with Gasteiger partial charge in [0, 0.05) is 18.5 Å². The molecule has 0 saturated carbocycles. The third-order valence-electron chi connectivity index (χ3n) is 5.20. The second-order valence-electron chi connectivity index (χ2n) is 7.14. The van der Waals surface area contributed by atoms with Crippen molar-refractivity contribution in [3.63, 3.8) is 0 Å². The van der Waals surface area contributed by atoms with Gasteiger partial charge < -0.3 is 10.1 Å². The fourth-order valence-corrected chi connectivity index (χ4v) is 3.63. The molecule has 150 valence electrons. The molecule has 1 aromatic heterocycles. The molecule has 0 bridgehead atoms. The van der Waals surface area contributed by atoms with E-state index in [0.29, 0.717) is 13.0 Å². The number of ether oxygens (including phenoxy) is 1. The van der Waals surface area contributed by atoms with Crippen LogP contribution in [-0.2, 0) is 28.9 Å². The number of nitrogens with zero attached hydrogens (tertiary/aromatic N) is 2. The molecule has 0 aliphatic heterocycles. The maximum atomic E-state index is 12.4. The minimum atomic E-state index is -0.436. The highest BCUT2D eigenvalue weighted by atomic mass is 19.1. The number of aromatic nitrogens is 2. The molecule has 28 heavy (non-hydrogen) atoms. The fraction of sp³-hybridized carbons (Fsp3) is 0.500. The molecule has 0 radical (unpaired) electrons. The van der Waals surface area contributed by atoms with E-state index in [2.05, 4.69) is 15.5 Å². The Kier molecular flexibility index (Phi) is 7.48. The minimum Gasteiger partial charge on any atom is -0.375 e. The highest BCUT2D eigenvalue weighted by Gasteiger charge is 2.19. The molecule has 1 N–H and O–H groups in total. The largest absolute Gasteiger partial charge is 0.375 e. The molecule has 1 aromatic carbocycles. The van der Waals surface area contributed by atoms with Gasteiger partial charge in [0.15, 0.2) is 0 Å². The van der Waals surface area contributed by atoms with Gasteiger partial charge in [0.1, 0.15) is 6.67 Å². The van der Waals surface area contributed by atoms with E-state index in [1.54, 1.807) is 0 Å². The average Bonchev–Trinajstić information content (AvgIpc) is 2.72. The van der Waals surface area contributed by atoms with Crippen LogP contribution < -0.4 is 5.32 Å². The van der Waals surface area contributed by atoms with Gasteiger partial charge in [-0.05, 0) is 48.8 Å². The summed E-state index contributed by atoms with van der Waals surface area (Å²) >= 11 is 0. The maximum absolute atomic E-state index is 12.4. The molecule has 0 spiro atoms. The third kappa shape index (κ3) is 5.35. The van der Waals surface area contributed by atoms with Crippen molar-refractivity contribution < 1.29 is 13.9 Å². The summed E-state index contributed by atoms with van der Waals surface area (Å²) in [5.41, 5.74) is 5.45. The number of alkyl halides is 1. The van der Waals surface area contributed by atoms with Crippen LogP contribution in [0.5, 0.6) is 0 Å². The van der Waals surface area contributed by atoms with E-state index in [9.17, 15) is 9.18 Å². The van der Waals surface area contributed by atoms with Gasteiger partial charge >= 0.3 is 0 Å². The molecule has 0 saturated heterocycles. The van der Waals surface area contributed by atoms with Gasteiger partial charge in [0.2, 0.25) is 5.91 Å². The van der Waals surface area contributed by atoms with E-state index >= 15 is 0 Å². The van der Waals surface area contributed by atoms with Crippen molar-refractivity contribution in [2.24, 2.45) is 0 Å². The lowest BCUT2D eigenvalue weighted by Crippen LogP contribution is -2.21. The standard InChI is InChI=1S/C22H28FN3O2/c1-2-21(27)24-14-16-6-8-17(9-7-16)22-20-11-10-19(28-13-12-23)5-3-4-18(20)15-25-26-22/h6-9,15,19H,2-5,10-14H2,1H3,(H,24,27). The summed E-state index contributed by atoms with van der Waals surface area (Å²) in [7, 11) is 0. The number of nitrogens with one attached hydrogen (secondary N) is 1. The molecule has 5 nitrogen and oxygen atoms in total. The highest BCUT2D eigenvalue weighted by molar-refractivity contribution is 5.75. The van der Waals surface area contributed by atoms with E-state index in [1.165, 1.54) is 11.1 Å². The Labute approximate surface area is 165 Å². The molecule has 1 aliphatic rings. The molecule has 3 rings (SSSR count). The van der Waals surface area contributed by atoms with Crippen molar-refractivity contribution in [3.8, 4) is 11.3 Å². The highest BCUT2D eigenvalue weighted by Crippen LogP contribution is 2.29. The number of carbonyl (C=O) groups excluding carboxylic acids is 1. The number of hydrogen-bond donors (Lipinski definition) is 1. The van der Waals surface area contributed by atoms with Gasteiger partial charge in [-0.2, -0.15) is 10.2 Å². The summed E-state index contributed by atoms with van der Waals surface area (Å²) in [5.74, 6) is 0.0453. The number of carbonyl (C=O) groups is 1. The van der Waals surface area contributed by atoms with Crippen LogP contribution >= 0.6 is 0 Å². The Bertz CT molecular complexity index is 780. The summed E-state index contributed by atoms with van der Waals surface area (Å²) in [5, 5.41) is 11.5. The smallest absolute Gasteiger partial charge is 0.219 e. The van der Waals surface area contributed by atoms with Crippen LogP contribution in [0.1, 0.15) is 49.3 Å². The van der Waals surface area contributed by atoms with Gasteiger partial charge in [-0.1, -0.05) is 31.2 Å². The SMILES string of the molecule is CCC(=O)NCc1ccc(-c2nncc3c2CCC(OCCF)CCC3)cc1. The van der Waals surface area contributed by atoms with Crippen LogP contribution in [-0.4, -0.2) is 35.5 Å². The van der Waals surface area contributed by atoms with Gasteiger partial charge in [0.25, 0.3) is 0 Å². The second kappa shape index (κ2) is 10.3. The van der Waals surface area contributed by atoms with Crippen molar-refractivity contribution >= 4 is 5.91 Å². The van der Waals surface area contributed by atoms with Gasteiger partial charge in [-0.15, -0.1) is 0 Å². The number of benzene rings is 1. The Morgan fingerprint density at radius 1 is 1.25 bits per heavy atom. The molecule has 6 heteroatoms. The second-order valence-corrected chi connectivity index (χ2v) is 7.14. The van der Waals surface area contributed by atoms with E-state index in [4.69, 9.17) is 4.74 Å². The summed E-state index contributed by atoms with van der Waals surface area (Å²) in [6, 6.07) is 8.10. The van der Waals surface area contributed by atoms with E-state index in [-0.39, 0.29) is 18.6 Å². The molecule has 1 amide bonds. The Hall–Kier alpha value is -2.34. The van der Waals surface area contributed by atoms with Crippen molar-refractivity contribution in [3.05, 3.63) is 47.2 Å². The maximum Gasteiger partial charge on any atom is 0.219 e. The lowest BCUT2D eigenvalue weighted by Gasteiger charge is -2.22. The summed E-state index contributed by atoms with van der Waals surface area (Å²) < 4.78 is 18.1. The molecule has 1 unspecified atom stereocenters. The van der Waals surface area contributed by atoms with Gasteiger partial charge in [-0.3, -0.25) is 4.79 Å². The first-order valence-electron chi connectivity index (χ1n) is 10.1. The van der Waals surface area contributed by atoms with Crippen LogP contribution in [0.4, 0.5) is 4.39 Å². The average molecular weight is 385 g/mol. The normalized spacial score (nSPS) is 16.7. The van der Waals surface area contributed by atoms with Crippen molar-refractivity contribution in [1.29, 1.82) is 0 Å². The molecular weight excluding hydrogens is 357 g/mol. The first-order chi connectivity index (χ1) is 13.7. The number of amides is 1. The summed E-state index contributed by atoms with van der Waals surface area (Å²) in [6.07, 6.45) is 7.08. The molecule has 1 heterocycles. The van der Waals surface area contributed by atoms with Crippen LogP contribution in [0, 0.1) is 0 Å². The molecule has 1 atom stereocenters. The summed E-state index contributed by atoms with van der Waals surface area (Å²) in [4.78, 5) is 11.4. The molecular formula is C22H28FN3O2. The van der Waals surface area contributed by atoms with Crippen LogP contribution in [0.2, 0.25) is 0 Å². The van der Waals surface area contributed by atoms with Crippen molar-refractivity contribution in [2.75, 3.05) is 13.3 Å². The molecule has 2 aromatic rings. The first-order valence-corrected chi connectivity index (χ1v) is 10.1. The fourth-order valence-electron chi connectivity index (χ4n) is 3.63. The minimum absolute atomic E-state index is 0.0453. The lowest BCUT2D eigenvalue weighted by atomic mass is 9.90. The molecule has 1 aliphatic carbocycles. The predicted octanol–water partition coefficient (Wildman–Crippen LogP) is 3.79. The van der Waals surface area contributed by atoms with Gasteiger partial charge in [-0.25, -0.2) is 4.39 Å². The van der Waals surface area contributed by atoms with Crippen LogP contribution in [0.25, 0.3) is 11.3 Å². The monoisotopic (exact) mass is 385 g/mol. The third-order valence-corrected chi connectivity index (χ3v) is 5.20. The molecule has 0 fully saturated rings. The van der Waals surface area contributed by atoms with Crippen molar-refractivity contribution in [1.82, 2.24) is 15.5 Å². The quantitative estimate of drug-likeness (QED) is 0.788. The van der Waals surface area contributed by atoms with Crippen molar-refractivity contribution in [2.45, 2.75) is 58.1 Å². The predicted molar refractivity (Wildman–Crippen MR) is 107 cm³/mol. The van der Waals surface area contributed by atoms with E-state index in [0.717, 1.165) is 48.9 Å². The number of halogens is 1. The zero-order valence-electron chi connectivity index (χ0n) is 16.4. The van der Waals surface area contributed by atoms with E-state index in [1.807, 2.05) is 37.4 Å². The Balaban J connectivity index is 1.76. The zero-order chi connectivity index (χ0) is 19.8. The Morgan fingerprint density at radius 3 is 2.82 bits per heavy atom. The number of fused-ring (bicyclic) bond motifs is 1. The van der Waals surface area contributed by atoms with Crippen LogP contribution in [0.3, 0.4) is 0 Å². The van der Waals surface area contributed by atoms with Crippen LogP contribution in [0.15, 0.2) is 30.5 Å². The van der Waals surface area contributed by atoms with Gasteiger partial charge in [0.05, 0.1) is 24.6 Å². The Morgan fingerprint density at radius 2 is 2.07 bits per heavy atom. The number of hydrogen-bond acceptors (Lipinski definition) is 4.